The average molecular weight is 523 g/mol. The molecule has 0 spiro atoms. The third-order valence-electron chi connectivity index (χ3n) is 9.08. The number of phenols is 2. The van der Waals surface area contributed by atoms with Gasteiger partial charge in [-0.05, 0) is 91.7 Å². The summed E-state index contributed by atoms with van der Waals surface area (Å²) in [7, 11) is 1.33. The molecular formula is C29H34N2O7. The fourth-order valence-corrected chi connectivity index (χ4v) is 7.32. The third-order valence-corrected chi connectivity index (χ3v) is 9.08. The van der Waals surface area contributed by atoms with Crippen molar-refractivity contribution in [1.29, 1.82) is 0 Å². The Balaban J connectivity index is 1.23. The van der Waals surface area contributed by atoms with Gasteiger partial charge in [-0.25, -0.2) is 0 Å². The number of amides is 2. The van der Waals surface area contributed by atoms with Gasteiger partial charge in [0.15, 0.2) is 5.75 Å². The number of benzene rings is 2. The van der Waals surface area contributed by atoms with Crippen molar-refractivity contribution < 1.29 is 34.1 Å². The maximum absolute atomic E-state index is 12.8. The molecule has 2 saturated carbocycles. The van der Waals surface area contributed by atoms with Crippen molar-refractivity contribution in [3.05, 3.63) is 47.0 Å². The molecule has 38 heavy (non-hydrogen) atoms. The van der Waals surface area contributed by atoms with E-state index >= 15 is 0 Å². The zero-order valence-corrected chi connectivity index (χ0v) is 21.7. The molecule has 2 amide bonds. The number of ether oxygens (including phenoxy) is 2. The van der Waals surface area contributed by atoms with Crippen LogP contribution in [0.15, 0.2) is 30.3 Å². The zero-order valence-electron chi connectivity index (χ0n) is 21.7. The second-order valence-corrected chi connectivity index (χ2v) is 11.0. The van der Waals surface area contributed by atoms with Crippen LogP contribution in [-0.4, -0.2) is 41.2 Å². The first-order valence-corrected chi connectivity index (χ1v) is 13.1. The van der Waals surface area contributed by atoms with Crippen LogP contribution in [0.5, 0.6) is 17.2 Å². The standard InChI is InChI=1S/C29H34N2O7/c1-29-12-11-18-17-6-4-16(32)13-15(17)3-5-19(18)20(29)7-10-23(29)38-25(34)14-24(33)31-21-8-9-22(37-2)26(27(21)35)28(30)36/h4,6,8-9,13,18-20,23,32,35H,3,5,7,10-12,14H2,1-2H3,(H2,30,36)(H,31,33)/t18?,19?,20?,23-,29-/m0/s1. The number of aromatic hydroxyl groups is 2. The first-order valence-electron chi connectivity index (χ1n) is 13.1. The minimum atomic E-state index is -0.909. The fourth-order valence-electron chi connectivity index (χ4n) is 7.32. The number of aryl methyl sites for hydroxylation is 1. The molecule has 2 aromatic carbocycles. The minimum Gasteiger partial charge on any atom is -0.508 e. The van der Waals surface area contributed by atoms with Crippen molar-refractivity contribution in [3.63, 3.8) is 0 Å². The van der Waals surface area contributed by atoms with Crippen LogP contribution >= 0.6 is 0 Å². The summed E-state index contributed by atoms with van der Waals surface area (Å²) in [6.07, 6.45) is 4.90. The van der Waals surface area contributed by atoms with Crippen LogP contribution in [-0.2, 0) is 20.7 Å². The highest BCUT2D eigenvalue weighted by Gasteiger charge is 2.56. The summed E-state index contributed by atoms with van der Waals surface area (Å²) >= 11 is 0. The number of rotatable bonds is 6. The van der Waals surface area contributed by atoms with Gasteiger partial charge in [-0.2, -0.15) is 0 Å². The number of fused-ring (bicyclic) bond motifs is 5. The van der Waals surface area contributed by atoms with Crippen LogP contribution in [0, 0.1) is 17.3 Å². The van der Waals surface area contributed by atoms with E-state index < -0.39 is 30.0 Å². The van der Waals surface area contributed by atoms with Crippen LogP contribution in [0.1, 0.15) is 72.9 Å². The number of carbonyl (C=O) groups is 3. The van der Waals surface area contributed by atoms with Crippen molar-refractivity contribution in [2.45, 2.75) is 63.9 Å². The van der Waals surface area contributed by atoms with Gasteiger partial charge < -0.3 is 30.7 Å². The number of hydrogen-bond acceptors (Lipinski definition) is 7. The Morgan fingerprint density at radius 1 is 1.11 bits per heavy atom. The molecule has 5 atom stereocenters. The van der Waals surface area contributed by atoms with Crippen LogP contribution in [0.3, 0.4) is 0 Å². The van der Waals surface area contributed by atoms with Gasteiger partial charge in [0, 0.05) is 5.41 Å². The largest absolute Gasteiger partial charge is 0.508 e. The van der Waals surface area contributed by atoms with E-state index in [2.05, 4.69) is 18.3 Å². The summed E-state index contributed by atoms with van der Waals surface area (Å²) in [6, 6.07) is 8.51. The molecule has 0 aromatic heterocycles. The van der Waals surface area contributed by atoms with Crippen molar-refractivity contribution in [2.24, 2.45) is 23.0 Å². The second-order valence-electron chi connectivity index (χ2n) is 11.0. The number of phenolic OH excluding ortho intramolecular Hbond substituents is 1. The van der Waals surface area contributed by atoms with Crippen molar-refractivity contribution in [3.8, 4) is 17.2 Å². The molecule has 5 N–H and O–H groups in total. The van der Waals surface area contributed by atoms with E-state index in [1.54, 1.807) is 6.07 Å². The summed E-state index contributed by atoms with van der Waals surface area (Å²) in [5.41, 5.74) is 7.47. The summed E-state index contributed by atoms with van der Waals surface area (Å²) in [4.78, 5) is 37.1. The van der Waals surface area contributed by atoms with Crippen molar-refractivity contribution in [2.75, 3.05) is 12.4 Å². The Kier molecular flexibility index (Phi) is 6.71. The Labute approximate surface area is 221 Å². The minimum absolute atomic E-state index is 0.0467. The summed E-state index contributed by atoms with van der Waals surface area (Å²) < 4.78 is 10.9. The number of esters is 1. The molecule has 0 bridgehead atoms. The third kappa shape index (κ3) is 4.44. The van der Waals surface area contributed by atoms with Crippen molar-refractivity contribution in [1.82, 2.24) is 0 Å². The SMILES string of the molecule is COc1ccc(NC(=O)CC(=O)O[C@H]2CCC3C4CCc5cc(O)ccc5C4CC[C@@]32C)c(O)c1C(N)=O. The lowest BCUT2D eigenvalue weighted by molar-refractivity contribution is -0.158. The quantitative estimate of drug-likeness (QED) is 0.255. The molecule has 3 unspecified atom stereocenters. The zero-order chi connectivity index (χ0) is 27.2. The predicted octanol–water partition coefficient (Wildman–Crippen LogP) is 4.00. The lowest BCUT2D eigenvalue weighted by Crippen LogP contribution is -2.45. The average Bonchev–Trinajstić information content (AvgIpc) is 3.20. The van der Waals surface area contributed by atoms with Crippen LogP contribution < -0.4 is 15.8 Å². The molecule has 2 fully saturated rings. The number of hydrogen-bond donors (Lipinski definition) is 4. The summed E-state index contributed by atoms with van der Waals surface area (Å²) in [5, 5.41) is 22.7. The molecule has 2 aromatic rings. The van der Waals surface area contributed by atoms with E-state index in [1.807, 2.05) is 6.07 Å². The van der Waals surface area contributed by atoms with Gasteiger partial charge in [0.05, 0.1) is 12.8 Å². The van der Waals surface area contributed by atoms with E-state index in [1.165, 1.54) is 30.4 Å². The Hall–Kier alpha value is -3.75. The molecule has 3 aliphatic carbocycles. The van der Waals surface area contributed by atoms with Crippen LogP contribution in [0.2, 0.25) is 0 Å². The van der Waals surface area contributed by atoms with Gasteiger partial charge in [-0.3, -0.25) is 14.4 Å². The van der Waals surface area contributed by atoms with E-state index in [0.29, 0.717) is 23.5 Å². The van der Waals surface area contributed by atoms with E-state index in [-0.39, 0.29) is 28.5 Å². The number of primary amides is 1. The normalized spacial score (nSPS) is 27.4. The Bertz CT molecular complexity index is 1290. The van der Waals surface area contributed by atoms with Crippen LogP contribution in [0.25, 0.3) is 0 Å². The monoisotopic (exact) mass is 522 g/mol. The lowest BCUT2D eigenvalue weighted by atomic mass is 9.55. The number of nitrogens with one attached hydrogen (secondary N) is 1. The summed E-state index contributed by atoms with van der Waals surface area (Å²) in [5.74, 6) is -0.931. The smallest absolute Gasteiger partial charge is 0.315 e. The van der Waals surface area contributed by atoms with E-state index in [4.69, 9.17) is 15.2 Å². The highest BCUT2D eigenvalue weighted by atomic mass is 16.5. The maximum atomic E-state index is 12.8. The fraction of sp³-hybridized carbons (Fsp3) is 0.483. The highest BCUT2D eigenvalue weighted by Crippen LogP contribution is 2.61. The second kappa shape index (κ2) is 9.85. The molecule has 3 aliphatic rings. The van der Waals surface area contributed by atoms with Gasteiger partial charge in [0.25, 0.3) is 5.91 Å². The maximum Gasteiger partial charge on any atom is 0.315 e. The van der Waals surface area contributed by atoms with Gasteiger partial charge in [-0.1, -0.05) is 13.0 Å². The summed E-state index contributed by atoms with van der Waals surface area (Å²) in [6.45, 7) is 2.21. The lowest BCUT2D eigenvalue weighted by Gasteiger charge is -2.50. The molecule has 9 heteroatoms. The van der Waals surface area contributed by atoms with E-state index in [9.17, 15) is 24.6 Å². The number of anilines is 1. The molecular weight excluding hydrogens is 488 g/mol. The number of nitrogens with two attached hydrogens (primary N) is 1. The van der Waals surface area contributed by atoms with Gasteiger partial charge in [-0.15, -0.1) is 0 Å². The predicted molar refractivity (Wildman–Crippen MR) is 139 cm³/mol. The molecule has 0 heterocycles. The number of carbonyl (C=O) groups excluding carboxylic acids is 3. The molecule has 0 radical (unpaired) electrons. The molecule has 0 saturated heterocycles. The number of methoxy groups -OCH3 is 1. The molecule has 202 valence electrons. The first kappa shape index (κ1) is 25.9. The Morgan fingerprint density at radius 3 is 2.63 bits per heavy atom. The van der Waals surface area contributed by atoms with Gasteiger partial charge in [0.2, 0.25) is 5.91 Å². The molecule has 9 nitrogen and oxygen atoms in total. The van der Waals surface area contributed by atoms with Crippen LogP contribution in [0.4, 0.5) is 5.69 Å². The Morgan fingerprint density at radius 2 is 1.89 bits per heavy atom. The molecule has 5 rings (SSSR count). The van der Waals surface area contributed by atoms with Crippen molar-refractivity contribution >= 4 is 23.5 Å². The topological polar surface area (TPSA) is 148 Å². The van der Waals surface area contributed by atoms with Gasteiger partial charge >= 0.3 is 5.97 Å². The molecule has 0 aliphatic heterocycles. The first-order chi connectivity index (χ1) is 18.1. The van der Waals surface area contributed by atoms with Gasteiger partial charge in [0.1, 0.15) is 29.6 Å². The highest BCUT2D eigenvalue weighted by molar-refractivity contribution is 6.05. The van der Waals surface area contributed by atoms with E-state index in [0.717, 1.165) is 38.5 Å².